The van der Waals surface area contributed by atoms with Crippen LogP contribution in [-0.2, 0) is 15.8 Å². The molecule has 154 valence electrons. The first kappa shape index (κ1) is 20.6. The minimum Gasteiger partial charge on any atom is -0.353 e. The minimum absolute atomic E-state index is 0.00429. The van der Waals surface area contributed by atoms with Crippen LogP contribution in [0, 0.1) is 5.92 Å². The molecule has 1 saturated carbocycles. The summed E-state index contributed by atoms with van der Waals surface area (Å²) in [5.41, 5.74) is 0.118. The second-order valence-electron chi connectivity index (χ2n) is 7.89. The van der Waals surface area contributed by atoms with E-state index in [9.17, 15) is 22.8 Å². The molecule has 1 heterocycles. The highest BCUT2D eigenvalue weighted by Crippen LogP contribution is 2.49. The largest absolute Gasteiger partial charge is 0.416 e. The third-order valence-corrected chi connectivity index (χ3v) is 5.27. The van der Waals surface area contributed by atoms with Crippen LogP contribution >= 0.6 is 0 Å². The highest BCUT2D eigenvalue weighted by molar-refractivity contribution is 5.83. The van der Waals surface area contributed by atoms with E-state index in [2.05, 4.69) is 5.32 Å². The highest BCUT2D eigenvalue weighted by atomic mass is 19.4. The van der Waals surface area contributed by atoms with E-state index in [1.165, 1.54) is 12.1 Å². The lowest BCUT2D eigenvalue weighted by Crippen LogP contribution is -2.52. The maximum Gasteiger partial charge on any atom is 0.416 e. The molecule has 1 saturated heterocycles. The zero-order valence-corrected chi connectivity index (χ0v) is 16.1. The Morgan fingerprint density at radius 2 is 1.71 bits per heavy atom. The van der Waals surface area contributed by atoms with E-state index >= 15 is 0 Å². The number of hydrogen-bond acceptors (Lipinski definition) is 3. The molecule has 2 amide bonds. The molecule has 8 heteroatoms. The van der Waals surface area contributed by atoms with Crippen LogP contribution in [0.15, 0.2) is 24.3 Å². The highest BCUT2D eigenvalue weighted by Gasteiger charge is 2.46. The second kappa shape index (κ2) is 8.11. The first-order chi connectivity index (χ1) is 13.1. The van der Waals surface area contributed by atoms with Crippen molar-refractivity contribution in [2.45, 2.75) is 38.4 Å². The van der Waals surface area contributed by atoms with Gasteiger partial charge in [-0.15, -0.1) is 0 Å². The van der Waals surface area contributed by atoms with Gasteiger partial charge < -0.3 is 10.2 Å². The van der Waals surface area contributed by atoms with Gasteiger partial charge in [0.05, 0.1) is 12.1 Å². The van der Waals surface area contributed by atoms with Crippen LogP contribution < -0.4 is 5.32 Å². The predicted molar refractivity (Wildman–Crippen MR) is 98.6 cm³/mol. The van der Waals surface area contributed by atoms with Crippen molar-refractivity contribution in [3.05, 3.63) is 35.4 Å². The number of nitrogens with one attached hydrogen (secondary N) is 1. The molecular weight excluding hydrogens is 371 g/mol. The maximum atomic E-state index is 12.7. The van der Waals surface area contributed by atoms with Gasteiger partial charge in [-0.1, -0.05) is 12.1 Å². The monoisotopic (exact) mass is 397 g/mol. The summed E-state index contributed by atoms with van der Waals surface area (Å²) in [7, 11) is 0. The molecule has 1 aromatic carbocycles. The third-order valence-electron chi connectivity index (χ3n) is 5.27. The van der Waals surface area contributed by atoms with Crippen LogP contribution in [0.2, 0.25) is 0 Å². The van der Waals surface area contributed by atoms with Gasteiger partial charge in [-0.05, 0) is 43.9 Å². The number of rotatable bonds is 5. The molecule has 0 aromatic heterocycles. The lowest BCUT2D eigenvalue weighted by Gasteiger charge is -2.34. The molecule has 2 aliphatic rings. The second-order valence-corrected chi connectivity index (χ2v) is 7.89. The van der Waals surface area contributed by atoms with Gasteiger partial charge in [-0.2, -0.15) is 13.2 Å². The van der Waals surface area contributed by atoms with E-state index in [0.717, 1.165) is 17.7 Å². The number of hydrogen-bond donors (Lipinski definition) is 1. The van der Waals surface area contributed by atoms with Gasteiger partial charge in [0.2, 0.25) is 11.8 Å². The van der Waals surface area contributed by atoms with E-state index in [-0.39, 0.29) is 29.7 Å². The van der Waals surface area contributed by atoms with Crippen molar-refractivity contribution in [3.8, 4) is 0 Å². The van der Waals surface area contributed by atoms with E-state index < -0.39 is 11.7 Å². The molecule has 0 radical (unpaired) electrons. The standard InChI is InChI=1S/C20H26F3N3O2/c1-13(2)24-18(27)12-25-7-9-26(10-8-25)19(28)17-11-16(17)14-3-5-15(6-4-14)20(21,22)23/h3-6,13,16-17H,7-12H2,1-2H3,(H,24,27). The summed E-state index contributed by atoms with van der Waals surface area (Å²) in [6.45, 7) is 6.60. The van der Waals surface area contributed by atoms with Crippen molar-refractivity contribution in [1.82, 2.24) is 15.1 Å². The van der Waals surface area contributed by atoms with Crippen LogP contribution in [-0.4, -0.2) is 60.4 Å². The van der Waals surface area contributed by atoms with Gasteiger partial charge in [-0.3, -0.25) is 14.5 Å². The normalized spacial score (nSPS) is 23.0. The fraction of sp³-hybridized carbons (Fsp3) is 0.600. The summed E-state index contributed by atoms with van der Waals surface area (Å²) in [5.74, 6) is -0.0901. The summed E-state index contributed by atoms with van der Waals surface area (Å²) < 4.78 is 38.0. The molecule has 0 bridgehead atoms. The number of carbonyl (C=O) groups excluding carboxylic acids is 2. The number of benzene rings is 1. The Balaban J connectivity index is 1.47. The molecule has 1 aromatic rings. The Morgan fingerprint density at radius 1 is 1.11 bits per heavy atom. The molecule has 2 unspecified atom stereocenters. The van der Waals surface area contributed by atoms with Gasteiger partial charge in [-0.25, -0.2) is 0 Å². The fourth-order valence-corrected chi connectivity index (χ4v) is 3.69. The van der Waals surface area contributed by atoms with Crippen molar-refractivity contribution in [1.29, 1.82) is 0 Å². The van der Waals surface area contributed by atoms with Gasteiger partial charge in [0.15, 0.2) is 0 Å². The Hall–Kier alpha value is -2.09. The minimum atomic E-state index is -4.34. The maximum absolute atomic E-state index is 12.7. The van der Waals surface area contributed by atoms with Gasteiger partial charge in [0, 0.05) is 38.1 Å². The Labute approximate surface area is 162 Å². The van der Waals surface area contributed by atoms with Crippen molar-refractivity contribution in [3.63, 3.8) is 0 Å². The first-order valence-corrected chi connectivity index (χ1v) is 9.63. The number of amides is 2. The van der Waals surface area contributed by atoms with Crippen LogP contribution in [0.5, 0.6) is 0 Å². The van der Waals surface area contributed by atoms with Gasteiger partial charge in [0.1, 0.15) is 0 Å². The van der Waals surface area contributed by atoms with E-state index in [0.29, 0.717) is 39.1 Å². The molecule has 3 rings (SSSR count). The molecule has 5 nitrogen and oxygen atoms in total. The molecular formula is C20H26F3N3O2. The molecule has 1 aliphatic heterocycles. The molecule has 2 fully saturated rings. The summed E-state index contributed by atoms with van der Waals surface area (Å²) >= 11 is 0. The lowest BCUT2D eigenvalue weighted by molar-refractivity contribution is -0.138. The Kier molecular flexibility index (Phi) is 5.98. The summed E-state index contributed by atoms with van der Waals surface area (Å²) in [6.07, 6.45) is -3.66. The Morgan fingerprint density at radius 3 is 2.25 bits per heavy atom. The molecule has 1 aliphatic carbocycles. The zero-order chi connectivity index (χ0) is 20.5. The zero-order valence-electron chi connectivity index (χ0n) is 16.1. The summed E-state index contributed by atoms with van der Waals surface area (Å²) in [6, 6.07) is 5.22. The summed E-state index contributed by atoms with van der Waals surface area (Å²) in [4.78, 5) is 28.4. The first-order valence-electron chi connectivity index (χ1n) is 9.63. The van der Waals surface area contributed by atoms with Crippen LogP contribution in [0.3, 0.4) is 0 Å². The SMILES string of the molecule is CC(C)NC(=O)CN1CCN(C(=O)C2CC2c2ccc(C(F)(F)F)cc2)CC1. The number of nitrogens with zero attached hydrogens (tertiary/aromatic N) is 2. The quantitative estimate of drug-likeness (QED) is 0.831. The average molecular weight is 397 g/mol. The van der Waals surface area contributed by atoms with Crippen molar-refractivity contribution < 1.29 is 22.8 Å². The van der Waals surface area contributed by atoms with E-state index in [4.69, 9.17) is 0 Å². The number of carbonyl (C=O) groups is 2. The smallest absolute Gasteiger partial charge is 0.353 e. The van der Waals surface area contributed by atoms with Crippen LogP contribution in [0.1, 0.15) is 37.3 Å². The number of piperazine rings is 1. The van der Waals surface area contributed by atoms with Crippen molar-refractivity contribution in [2.24, 2.45) is 5.92 Å². The molecule has 28 heavy (non-hydrogen) atoms. The van der Waals surface area contributed by atoms with E-state index in [1.54, 1.807) is 0 Å². The van der Waals surface area contributed by atoms with Gasteiger partial charge in [0.25, 0.3) is 0 Å². The molecule has 2 atom stereocenters. The van der Waals surface area contributed by atoms with Crippen LogP contribution in [0.25, 0.3) is 0 Å². The third kappa shape index (κ3) is 5.04. The molecule has 1 N–H and O–H groups in total. The van der Waals surface area contributed by atoms with Gasteiger partial charge >= 0.3 is 6.18 Å². The average Bonchev–Trinajstić information content (AvgIpc) is 3.41. The van der Waals surface area contributed by atoms with E-state index in [1.807, 2.05) is 23.6 Å². The topological polar surface area (TPSA) is 52.7 Å². The van der Waals surface area contributed by atoms with Crippen LogP contribution in [0.4, 0.5) is 13.2 Å². The number of halogens is 3. The van der Waals surface area contributed by atoms with Crippen molar-refractivity contribution in [2.75, 3.05) is 32.7 Å². The number of alkyl halides is 3. The summed E-state index contributed by atoms with van der Waals surface area (Å²) in [5, 5.41) is 2.86. The van der Waals surface area contributed by atoms with Crippen molar-refractivity contribution >= 4 is 11.8 Å². The lowest BCUT2D eigenvalue weighted by atomic mass is 10.1. The Bertz CT molecular complexity index is 710. The molecule has 0 spiro atoms. The fourth-order valence-electron chi connectivity index (χ4n) is 3.69. The predicted octanol–water partition coefficient (Wildman–Crippen LogP) is 2.48.